The minimum Gasteiger partial charge on any atom is -0.394 e. The highest BCUT2D eigenvalue weighted by Crippen LogP contribution is 2.29. The average molecular weight is 487 g/mol. The van der Waals surface area contributed by atoms with Gasteiger partial charge in [-0.15, -0.1) is 0 Å². The van der Waals surface area contributed by atoms with Crippen LogP contribution in [0, 0.1) is 0 Å². The van der Waals surface area contributed by atoms with Crippen LogP contribution in [0.1, 0.15) is 6.92 Å². The third-order valence-corrected chi connectivity index (χ3v) is 5.65. The summed E-state index contributed by atoms with van der Waals surface area (Å²) < 4.78 is 21.3. The number of aliphatic hydroxyl groups excluding tert-OH is 9. The van der Waals surface area contributed by atoms with Gasteiger partial charge in [0, 0.05) is 0 Å². The van der Waals surface area contributed by atoms with Crippen LogP contribution >= 0.6 is 0 Å². The van der Waals surface area contributed by atoms with E-state index in [1.807, 2.05) is 0 Å². The minimum atomic E-state index is -1.91. The van der Waals surface area contributed by atoms with E-state index >= 15 is 0 Å². The van der Waals surface area contributed by atoms with Crippen LogP contribution in [0.25, 0.3) is 0 Å². The average Bonchev–Trinajstić information content (AvgIpc) is 2.80. The molecule has 194 valence electrons. The number of hydrogen-bond donors (Lipinski definition) is 10. The second-order valence-corrected chi connectivity index (χ2v) is 8.05. The third kappa shape index (κ3) is 6.22. The molecule has 15 nitrogen and oxygen atoms in total. The van der Waals surface area contributed by atoms with Crippen molar-refractivity contribution in [2.24, 2.45) is 5.73 Å². The van der Waals surface area contributed by atoms with Crippen LogP contribution < -0.4 is 5.73 Å². The summed E-state index contributed by atoms with van der Waals surface area (Å²) in [7, 11) is 0. The summed E-state index contributed by atoms with van der Waals surface area (Å²) in [6, 6.07) is -1.34. The van der Waals surface area contributed by atoms with Crippen molar-refractivity contribution in [3.63, 3.8) is 0 Å². The number of aldehydes is 1. The molecule has 0 radical (unpaired) electrons. The van der Waals surface area contributed by atoms with Gasteiger partial charge >= 0.3 is 0 Å². The maximum absolute atomic E-state index is 11.3. The van der Waals surface area contributed by atoms with Gasteiger partial charge in [-0.25, -0.2) is 0 Å². The molecule has 33 heavy (non-hydrogen) atoms. The Morgan fingerprint density at radius 1 is 0.879 bits per heavy atom. The Hall–Kier alpha value is -0.890. The number of hydrogen-bond acceptors (Lipinski definition) is 15. The van der Waals surface area contributed by atoms with Crippen molar-refractivity contribution in [3.8, 4) is 0 Å². The first kappa shape index (κ1) is 28.3. The fourth-order valence-electron chi connectivity index (χ4n) is 3.54. The van der Waals surface area contributed by atoms with Crippen molar-refractivity contribution >= 4 is 6.29 Å². The van der Waals surface area contributed by atoms with Gasteiger partial charge < -0.3 is 75.4 Å². The van der Waals surface area contributed by atoms with E-state index in [4.69, 9.17) is 24.7 Å². The standard InChI is InChI=1S/C18H33NO14/c1-5(23)10(24)11(25)6(2-20)31-18-15(29)14(28)16(8(4-22)32-18)33-17-9(19)13(27)12(26)7(3-21)30-17/h2,5-18,21-29H,3-4,19H2,1H3/t5-,6-,7+,8+,9-,10-,11-,12+,13+,14+,15+,16+,17-,18-/m0/s1. The van der Waals surface area contributed by atoms with Crippen molar-refractivity contribution in [2.45, 2.75) is 92.7 Å². The van der Waals surface area contributed by atoms with Crippen LogP contribution in [0.15, 0.2) is 0 Å². The van der Waals surface area contributed by atoms with Gasteiger partial charge in [0.25, 0.3) is 0 Å². The van der Waals surface area contributed by atoms with E-state index in [0.29, 0.717) is 0 Å². The fourth-order valence-corrected chi connectivity index (χ4v) is 3.54. The van der Waals surface area contributed by atoms with Crippen LogP contribution in [0.3, 0.4) is 0 Å². The molecule has 0 spiro atoms. The third-order valence-electron chi connectivity index (χ3n) is 5.65. The largest absolute Gasteiger partial charge is 0.394 e. The topological polar surface area (TPSA) is 262 Å². The predicted octanol–water partition coefficient (Wildman–Crippen LogP) is -6.74. The molecule has 2 rings (SSSR count). The molecular formula is C18H33NO14. The Morgan fingerprint density at radius 2 is 1.45 bits per heavy atom. The Morgan fingerprint density at radius 3 is 1.97 bits per heavy atom. The molecule has 0 aliphatic carbocycles. The van der Waals surface area contributed by atoms with Crippen LogP contribution in [0.4, 0.5) is 0 Å². The van der Waals surface area contributed by atoms with Gasteiger partial charge in [-0.2, -0.15) is 0 Å². The molecule has 0 aromatic rings. The molecule has 2 saturated heterocycles. The number of carbonyl (C=O) groups excluding carboxylic acids is 1. The molecule has 14 atom stereocenters. The summed E-state index contributed by atoms with van der Waals surface area (Å²) in [5.41, 5.74) is 5.79. The number of aliphatic hydroxyl groups is 9. The monoisotopic (exact) mass is 487 g/mol. The first-order valence-electron chi connectivity index (χ1n) is 10.3. The summed E-state index contributed by atoms with van der Waals surface area (Å²) in [6.07, 6.45) is -21.1. The minimum absolute atomic E-state index is 0.0892. The first-order valence-corrected chi connectivity index (χ1v) is 10.3. The highest BCUT2D eigenvalue weighted by molar-refractivity contribution is 5.57. The first-order chi connectivity index (χ1) is 15.5. The van der Waals surface area contributed by atoms with E-state index in [2.05, 4.69) is 0 Å². The Kier molecular flexibility index (Phi) is 10.5. The molecule has 0 saturated carbocycles. The molecule has 2 aliphatic heterocycles. The maximum atomic E-state index is 11.3. The van der Waals surface area contributed by atoms with Crippen molar-refractivity contribution in [1.82, 2.24) is 0 Å². The fraction of sp³-hybridized carbons (Fsp3) is 0.944. The summed E-state index contributed by atoms with van der Waals surface area (Å²) in [5, 5.41) is 89.0. The summed E-state index contributed by atoms with van der Waals surface area (Å²) in [4.78, 5) is 11.3. The lowest BCUT2D eigenvalue weighted by Crippen LogP contribution is -2.66. The van der Waals surface area contributed by atoms with Gasteiger partial charge in [0.15, 0.2) is 18.9 Å². The van der Waals surface area contributed by atoms with E-state index in [1.165, 1.54) is 0 Å². The Labute approximate surface area is 188 Å². The zero-order chi connectivity index (χ0) is 25.0. The summed E-state index contributed by atoms with van der Waals surface area (Å²) in [5.74, 6) is 0. The van der Waals surface area contributed by atoms with E-state index in [9.17, 15) is 50.8 Å². The molecule has 2 heterocycles. The molecule has 11 N–H and O–H groups in total. The van der Waals surface area contributed by atoms with Crippen LogP contribution in [-0.2, 0) is 23.7 Å². The van der Waals surface area contributed by atoms with Gasteiger partial charge in [0.05, 0.1) is 25.4 Å². The highest BCUT2D eigenvalue weighted by atomic mass is 16.7. The van der Waals surface area contributed by atoms with Gasteiger partial charge in [-0.1, -0.05) is 0 Å². The summed E-state index contributed by atoms with van der Waals surface area (Å²) >= 11 is 0. The molecular weight excluding hydrogens is 454 g/mol. The number of carbonyl (C=O) groups is 1. The molecule has 0 unspecified atom stereocenters. The second-order valence-electron chi connectivity index (χ2n) is 8.05. The smallest absolute Gasteiger partial charge is 0.187 e. The van der Waals surface area contributed by atoms with Gasteiger partial charge in [-0.05, 0) is 6.92 Å². The molecule has 0 bridgehead atoms. The highest BCUT2D eigenvalue weighted by Gasteiger charge is 2.51. The Bertz CT molecular complexity index is 609. The van der Waals surface area contributed by atoms with Gasteiger partial charge in [0.2, 0.25) is 0 Å². The lowest BCUT2D eigenvalue weighted by atomic mass is 9.96. The lowest BCUT2D eigenvalue weighted by Gasteiger charge is -2.46. The van der Waals surface area contributed by atoms with Gasteiger partial charge in [0.1, 0.15) is 61.0 Å². The zero-order valence-corrected chi connectivity index (χ0v) is 17.7. The van der Waals surface area contributed by atoms with Crippen LogP contribution in [0.2, 0.25) is 0 Å². The maximum Gasteiger partial charge on any atom is 0.187 e. The predicted molar refractivity (Wildman–Crippen MR) is 103 cm³/mol. The van der Waals surface area contributed by atoms with E-state index < -0.39 is 99.0 Å². The number of nitrogens with two attached hydrogens (primary N) is 1. The molecule has 0 amide bonds. The quantitative estimate of drug-likeness (QED) is 0.128. The van der Waals surface area contributed by atoms with E-state index in [1.54, 1.807) is 0 Å². The van der Waals surface area contributed by atoms with Crippen LogP contribution in [0.5, 0.6) is 0 Å². The normalized spacial score (nSPS) is 43.5. The van der Waals surface area contributed by atoms with Crippen molar-refractivity contribution in [2.75, 3.05) is 13.2 Å². The lowest BCUT2D eigenvalue weighted by molar-refractivity contribution is -0.351. The SMILES string of the molecule is C[C@H](O)[C@H](O)[C@@H](O)[C@H](C=O)O[C@H]1O[C@H](CO)[C@@H](O[C@@H]2O[C@H](CO)[C@@H](O)[C@H](O)[C@@H]2N)[C@H](O)[C@H]1O. The van der Waals surface area contributed by atoms with Crippen LogP contribution in [-0.4, -0.2) is 151 Å². The molecule has 15 heteroatoms. The van der Waals surface area contributed by atoms with Crippen molar-refractivity contribution < 1.29 is 69.7 Å². The van der Waals surface area contributed by atoms with Gasteiger partial charge in [-0.3, -0.25) is 0 Å². The van der Waals surface area contributed by atoms with Crippen molar-refractivity contribution in [1.29, 1.82) is 0 Å². The molecule has 2 fully saturated rings. The molecule has 0 aromatic carbocycles. The molecule has 2 aliphatic rings. The second kappa shape index (κ2) is 12.2. The van der Waals surface area contributed by atoms with E-state index in [-0.39, 0.29) is 6.29 Å². The zero-order valence-electron chi connectivity index (χ0n) is 17.7. The number of rotatable bonds is 10. The van der Waals surface area contributed by atoms with E-state index in [0.717, 1.165) is 6.92 Å². The van der Waals surface area contributed by atoms with Crippen molar-refractivity contribution in [3.05, 3.63) is 0 Å². The molecule has 0 aromatic heterocycles. The Balaban J connectivity index is 2.12. The summed E-state index contributed by atoms with van der Waals surface area (Å²) in [6.45, 7) is -0.329. The number of ether oxygens (including phenoxy) is 4.